The number of rotatable bonds is 11. The summed E-state index contributed by atoms with van der Waals surface area (Å²) in [5.41, 5.74) is 8.11. The Hall–Kier alpha value is -3.61. The molecule has 36 heavy (non-hydrogen) atoms. The van der Waals surface area contributed by atoms with Gasteiger partial charge in [0.1, 0.15) is 6.61 Å². The van der Waals surface area contributed by atoms with Crippen molar-refractivity contribution in [3.63, 3.8) is 0 Å². The van der Waals surface area contributed by atoms with Gasteiger partial charge in [0, 0.05) is 29.9 Å². The highest BCUT2D eigenvalue weighted by molar-refractivity contribution is 5.64. The first-order chi connectivity index (χ1) is 17.5. The molecular weight excluding hydrogens is 450 g/mol. The van der Waals surface area contributed by atoms with Crippen molar-refractivity contribution in [2.45, 2.75) is 39.9 Å². The molecule has 0 fully saturated rings. The van der Waals surface area contributed by atoms with Gasteiger partial charge in [-0.25, -0.2) is 0 Å². The molecule has 0 aliphatic heterocycles. The van der Waals surface area contributed by atoms with Crippen LogP contribution < -0.4 is 14.8 Å². The van der Waals surface area contributed by atoms with Gasteiger partial charge >= 0.3 is 0 Å². The molecule has 0 saturated carbocycles. The molecule has 4 aromatic rings. The second-order valence-electron chi connectivity index (χ2n) is 9.07. The van der Waals surface area contributed by atoms with Gasteiger partial charge in [-0.05, 0) is 61.2 Å². The Morgan fingerprint density at radius 1 is 0.972 bits per heavy atom. The normalized spacial score (nSPS) is 11.9. The van der Waals surface area contributed by atoms with Crippen molar-refractivity contribution >= 4 is 0 Å². The van der Waals surface area contributed by atoms with Crippen LogP contribution in [-0.2, 0) is 13.1 Å². The van der Waals surface area contributed by atoms with E-state index in [1.165, 1.54) is 16.7 Å². The lowest BCUT2D eigenvalue weighted by Crippen LogP contribution is -2.18. The SMILES string of the molecule is COc1cc(C(C)NCc2cn(Cc3ccccc3)nc2-c2ccc(C)c(C)c2)ccc1OCCO. The number of benzene rings is 3. The van der Waals surface area contributed by atoms with Gasteiger partial charge in [0.25, 0.3) is 0 Å². The summed E-state index contributed by atoms with van der Waals surface area (Å²) in [4.78, 5) is 0. The molecule has 0 amide bonds. The van der Waals surface area contributed by atoms with Gasteiger partial charge in [0.05, 0.1) is 26.0 Å². The fourth-order valence-corrected chi connectivity index (χ4v) is 4.18. The zero-order valence-corrected chi connectivity index (χ0v) is 21.5. The van der Waals surface area contributed by atoms with Crippen LogP contribution in [0.3, 0.4) is 0 Å². The molecule has 1 unspecified atom stereocenters. The molecule has 0 aliphatic rings. The number of hydrogen-bond donors (Lipinski definition) is 2. The van der Waals surface area contributed by atoms with Crippen LogP contribution in [-0.4, -0.2) is 35.2 Å². The molecule has 0 radical (unpaired) electrons. The lowest BCUT2D eigenvalue weighted by Gasteiger charge is -2.17. The van der Waals surface area contributed by atoms with Crippen molar-refractivity contribution in [3.8, 4) is 22.8 Å². The molecule has 2 N–H and O–H groups in total. The molecule has 1 atom stereocenters. The minimum absolute atomic E-state index is 0.0380. The summed E-state index contributed by atoms with van der Waals surface area (Å²) in [6.07, 6.45) is 2.14. The van der Waals surface area contributed by atoms with Gasteiger partial charge in [-0.15, -0.1) is 0 Å². The predicted octanol–water partition coefficient (Wildman–Crippen LogP) is 5.45. The van der Waals surface area contributed by atoms with Gasteiger partial charge in [-0.2, -0.15) is 5.10 Å². The molecule has 4 rings (SSSR count). The number of aromatic nitrogens is 2. The van der Waals surface area contributed by atoms with Crippen molar-refractivity contribution in [1.29, 1.82) is 0 Å². The number of aryl methyl sites for hydroxylation is 2. The summed E-state index contributed by atoms with van der Waals surface area (Å²) >= 11 is 0. The van der Waals surface area contributed by atoms with Gasteiger partial charge < -0.3 is 19.9 Å². The van der Waals surface area contributed by atoms with Gasteiger partial charge in [-0.3, -0.25) is 4.68 Å². The van der Waals surface area contributed by atoms with Gasteiger partial charge in [0.15, 0.2) is 11.5 Å². The fourth-order valence-electron chi connectivity index (χ4n) is 4.18. The summed E-state index contributed by atoms with van der Waals surface area (Å²) in [6.45, 7) is 7.99. The summed E-state index contributed by atoms with van der Waals surface area (Å²) in [6, 6.07) is 22.9. The van der Waals surface area contributed by atoms with Gasteiger partial charge in [-0.1, -0.05) is 48.5 Å². The fraction of sp³-hybridized carbons (Fsp3) is 0.300. The van der Waals surface area contributed by atoms with Crippen LogP contribution in [0.2, 0.25) is 0 Å². The Labute approximate surface area is 213 Å². The molecule has 0 aliphatic carbocycles. The molecule has 0 saturated heterocycles. The number of nitrogens with zero attached hydrogens (tertiary/aromatic N) is 2. The first kappa shape index (κ1) is 25.5. The van der Waals surface area contributed by atoms with E-state index >= 15 is 0 Å². The van der Waals surface area contributed by atoms with E-state index in [1.54, 1.807) is 7.11 Å². The lowest BCUT2D eigenvalue weighted by molar-refractivity contribution is 0.196. The van der Waals surface area contributed by atoms with E-state index in [0.717, 1.165) is 28.9 Å². The Balaban J connectivity index is 1.56. The monoisotopic (exact) mass is 485 g/mol. The third-order valence-corrected chi connectivity index (χ3v) is 6.44. The maximum atomic E-state index is 9.05. The lowest BCUT2D eigenvalue weighted by atomic mass is 10.0. The molecular formula is C30H35N3O3. The predicted molar refractivity (Wildman–Crippen MR) is 144 cm³/mol. The smallest absolute Gasteiger partial charge is 0.161 e. The summed E-state index contributed by atoms with van der Waals surface area (Å²) < 4.78 is 13.1. The van der Waals surface area contributed by atoms with Crippen molar-refractivity contribution < 1.29 is 14.6 Å². The van der Waals surface area contributed by atoms with Crippen molar-refractivity contribution in [2.75, 3.05) is 20.3 Å². The maximum Gasteiger partial charge on any atom is 0.161 e. The number of aliphatic hydroxyl groups excluding tert-OH is 1. The minimum Gasteiger partial charge on any atom is -0.493 e. The van der Waals surface area contributed by atoms with E-state index in [1.807, 2.05) is 28.9 Å². The quantitative estimate of drug-likeness (QED) is 0.296. The molecule has 1 aromatic heterocycles. The first-order valence-corrected chi connectivity index (χ1v) is 12.3. The molecule has 6 heteroatoms. The molecule has 0 spiro atoms. The second kappa shape index (κ2) is 11.9. The molecule has 1 heterocycles. The summed E-state index contributed by atoms with van der Waals surface area (Å²) in [5, 5.41) is 17.7. The largest absolute Gasteiger partial charge is 0.493 e. The highest BCUT2D eigenvalue weighted by atomic mass is 16.5. The first-order valence-electron chi connectivity index (χ1n) is 12.3. The van der Waals surface area contributed by atoms with E-state index in [0.29, 0.717) is 18.0 Å². The number of hydrogen-bond acceptors (Lipinski definition) is 5. The third-order valence-electron chi connectivity index (χ3n) is 6.44. The van der Waals surface area contributed by atoms with Crippen LogP contribution in [0.15, 0.2) is 72.9 Å². The molecule has 188 valence electrons. The second-order valence-corrected chi connectivity index (χ2v) is 9.07. The van der Waals surface area contributed by atoms with E-state index in [4.69, 9.17) is 19.7 Å². The Kier molecular flexibility index (Phi) is 8.41. The standard InChI is InChI=1S/C30H35N3O3/c1-21-10-11-26(16-22(21)2)30-27(20-33(32-30)19-24-8-6-5-7-9-24)18-31-23(3)25-12-13-28(36-15-14-34)29(17-25)35-4/h5-13,16-17,20,23,31,34H,14-15,18-19H2,1-4H3. The van der Waals surface area contributed by atoms with E-state index in [9.17, 15) is 0 Å². The molecule has 3 aromatic carbocycles. The zero-order valence-electron chi connectivity index (χ0n) is 21.5. The van der Waals surface area contributed by atoms with Crippen LogP contribution in [0, 0.1) is 13.8 Å². The zero-order chi connectivity index (χ0) is 25.5. The number of aliphatic hydroxyl groups is 1. The Morgan fingerprint density at radius 3 is 2.50 bits per heavy atom. The Bertz CT molecular complexity index is 1280. The van der Waals surface area contributed by atoms with Crippen LogP contribution in [0.4, 0.5) is 0 Å². The summed E-state index contributed by atoms with van der Waals surface area (Å²) in [5.74, 6) is 1.28. The molecule has 0 bridgehead atoms. The topological polar surface area (TPSA) is 68.5 Å². The number of ether oxygens (including phenoxy) is 2. The van der Waals surface area contributed by atoms with E-state index in [2.05, 4.69) is 74.7 Å². The number of methoxy groups -OCH3 is 1. The summed E-state index contributed by atoms with van der Waals surface area (Å²) in [7, 11) is 1.62. The van der Waals surface area contributed by atoms with E-state index in [-0.39, 0.29) is 19.3 Å². The van der Waals surface area contributed by atoms with Crippen LogP contribution in [0.1, 0.15) is 40.8 Å². The highest BCUT2D eigenvalue weighted by Gasteiger charge is 2.15. The van der Waals surface area contributed by atoms with Crippen LogP contribution in [0.5, 0.6) is 11.5 Å². The highest BCUT2D eigenvalue weighted by Crippen LogP contribution is 2.31. The average molecular weight is 486 g/mol. The van der Waals surface area contributed by atoms with Crippen LogP contribution in [0.25, 0.3) is 11.3 Å². The van der Waals surface area contributed by atoms with Gasteiger partial charge in [0.2, 0.25) is 0 Å². The number of nitrogens with one attached hydrogen (secondary N) is 1. The third kappa shape index (κ3) is 6.14. The maximum absolute atomic E-state index is 9.05. The minimum atomic E-state index is -0.0380. The van der Waals surface area contributed by atoms with Crippen molar-refractivity contribution in [2.24, 2.45) is 0 Å². The average Bonchev–Trinajstić information content (AvgIpc) is 3.30. The van der Waals surface area contributed by atoms with Crippen molar-refractivity contribution in [1.82, 2.24) is 15.1 Å². The van der Waals surface area contributed by atoms with E-state index < -0.39 is 0 Å². The molecule has 6 nitrogen and oxygen atoms in total. The Morgan fingerprint density at radius 2 is 1.78 bits per heavy atom. The van der Waals surface area contributed by atoms with Crippen LogP contribution >= 0.6 is 0 Å². The van der Waals surface area contributed by atoms with Crippen molar-refractivity contribution in [3.05, 3.63) is 101 Å².